The number of furan rings is 1. The van der Waals surface area contributed by atoms with Crippen molar-refractivity contribution in [1.82, 2.24) is 15.4 Å². The van der Waals surface area contributed by atoms with Gasteiger partial charge in [-0.2, -0.15) is 0 Å². The Morgan fingerprint density at radius 1 is 0.976 bits per heavy atom. The van der Waals surface area contributed by atoms with Crippen molar-refractivity contribution < 1.29 is 23.5 Å². The molecule has 0 aliphatic carbocycles. The van der Waals surface area contributed by atoms with Crippen LogP contribution >= 0.6 is 11.6 Å². The minimum absolute atomic E-state index is 0.268. The van der Waals surface area contributed by atoms with E-state index in [0.717, 1.165) is 58.5 Å². The van der Waals surface area contributed by atoms with Crippen molar-refractivity contribution in [3.63, 3.8) is 0 Å². The molecular weight excluding hydrogens is 547 g/mol. The Bertz CT molecular complexity index is 1640. The normalized spacial score (nSPS) is 11.0. The molecule has 0 radical (unpaired) electrons. The SMILES string of the molecule is O=C(CCCCCc1ccc(-c2ccc3ncnc(Nc4ccc(OCc5ccc(F)cc5)c(Cl)c4)c3c2)o1)NO. The Balaban J connectivity index is 1.25. The van der Waals surface area contributed by atoms with Gasteiger partial charge in [0.25, 0.3) is 0 Å². The fraction of sp³-hybridized carbons (Fsp3) is 0.194. The van der Waals surface area contributed by atoms with Crippen molar-refractivity contribution in [1.29, 1.82) is 0 Å². The Morgan fingerprint density at radius 2 is 1.83 bits per heavy atom. The molecule has 0 fully saturated rings. The van der Waals surface area contributed by atoms with Gasteiger partial charge < -0.3 is 14.5 Å². The Hall–Kier alpha value is -4.47. The number of amides is 1. The van der Waals surface area contributed by atoms with E-state index in [0.29, 0.717) is 29.4 Å². The molecule has 2 heterocycles. The van der Waals surface area contributed by atoms with Crippen molar-refractivity contribution in [2.75, 3.05) is 5.32 Å². The fourth-order valence-electron chi connectivity index (χ4n) is 4.37. The van der Waals surface area contributed by atoms with Crippen LogP contribution < -0.4 is 15.5 Å². The van der Waals surface area contributed by atoms with Crippen molar-refractivity contribution in [3.8, 4) is 17.1 Å². The number of carbonyl (C=O) groups excluding carboxylic acids is 1. The van der Waals surface area contributed by atoms with Crippen LogP contribution in [0.15, 0.2) is 83.5 Å². The van der Waals surface area contributed by atoms with Crippen LogP contribution in [0, 0.1) is 5.82 Å². The van der Waals surface area contributed by atoms with Gasteiger partial charge in [0.15, 0.2) is 0 Å². The van der Waals surface area contributed by atoms with E-state index >= 15 is 0 Å². The summed E-state index contributed by atoms with van der Waals surface area (Å²) in [5, 5.41) is 13.1. The van der Waals surface area contributed by atoms with Crippen LogP contribution in [-0.2, 0) is 17.8 Å². The molecule has 0 aliphatic heterocycles. The van der Waals surface area contributed by atoms with Gasteiger partial charge in [-0.05, 0) is 79.1 Å². The van der Waals surface area contributed by atoms with E-state index in [1.807, 2.05) is 36.4 Å². The number of aromatic nitrogens is 2. The maximum atomic E-state index is 13.1. The van der Waals surface area contributed by atoms with Gasteiger partial charge in [0.1, 0.15) is 41.8 Å². The Labute approximate surface area is 241 Å². The number of nitrogens with zero attached hydrogens (tertiary/aromatic N) is 2. The first-order valence-corrected chi connectivity index (χ1v) is 13.6. The molecule has 0 spiro atoms. The molecule has 0 atom stereocenters. The Morgan fingerprint density at radius 3 is 2.63 bits per heavy atom. The number of hydroxylamine groups is 1. The molecular formula is C31H28ClFN4O4. The minimum Gasteiger partial charge on any atom is -0.487 e. The zero-order valence-corrected chi connectivity index (χ0v) is 22.8. The lowest BCUT2D eigenvalue weighted by molar-refractivity contribution is -0.129. The number of benzene rings is 3. The topological polar surface area (TPSA) is 110 Å². The highest BCUT2D eigenvalue weighted by Gasteiger charge is 2.11. The summed E-state index contributed by atoms with van der Waals surface area (Å²) in [7, 11) is 0. The maximum Gasteiger partial charge on any atom is 0.243 e. The van der Waals surface area contributed by atoms with Crippen LogP contribution in [0.4, 0.5) is 15.9 Å². The highest BCUT2D eigenvalue weighted by molar-refractivity contribution is 6.32. The third-order valence-electron chi connectivity index (χ3n) is 6.54. The molecule has 5 rings (SSSR count). The summed E-state index contributed by atoms with van der Waals surface area (Å²) in [4.78, 5) is 20.0. The van der Waals surface area contributed by atoms with E-state index in [1.54, 1.807) is 29.7 Å². The average Bonchev–Trinajstić information content (AvgIpc) is 3.46. The summed E-state index contributed by atoms with van der Waals surface area (Å²) in [6.45, 7) is 0.268. The van der Waals surface area contributed by atoms with Gasteiger partial charge >= 0.3 is 0 Å². The van der Waals surface area contributed by atoms with Crippen LogP contribution in [-0.4, -0.2) is 21.1 Å². The number of rotatable bonds is 12. The molecule has 1 amide bonds. The summed E-state index contributed by atoms with van der Waals surface area (Å²) >= 11 is 6.49. The van der Waals surface area contributed by atoms with Gasteiger partial charge in [-0.3, -0.25) is 10.0 Å². The van der Waals surface area contributed by atoms with Crippen LogP contribution in [0.25, 0.3) is 22.2 Å². The molecule has 41 heavy (non-hydrogen) atoms. The molecule has 10 heteroatoms. The first kappa shape index (κ1) is 28.1. The number of hydrogen-bond acceptors (Lipinski definition) is 7. The van der Waals surface area contributed by atoms with E-state index in [9.17, 15) is 9.18 Å². The lowest BCUT2D eigenvalue weighted by atomic mass is 10.1. The standard InChI is InChI=1S/C31H28ClFN4O4/c32-26-17-23(11-14-29(26)40-18-20-6-9-22(33)10-7-20)36-31-25-16-21(8-13-27(25)34-19-35-31)28-15-12-24(41-28)4-2-1-3-5-30(38)37-39/h6-17,19,39H,1-5,18H2,(H,37,38)(H,34,35,36). The third-order valence-corrected chi connectivity index (χ3v) is 6.83. The number of aryl methyl sites for hydroxylation is 1. The first-order chi connectivity index (χ1) is 20.0. The largest absolute Gasteiger partial charge is 0.487 e. The van der Waals surface area contributed by atoms with Crippen molar-refractivity contribution in [3.05, 3.63) is 101 Å². The quantitative estimate of drug-likeness (QED) is 0.0799. The van der Waals surface area contributed by atoms with Crippen LogP contribution in [0.3, 0.4) is 0 Å². The molecule has 0 bridgehead atoms. The molecule has 8 nitrogen and oxygen atoms in total. The summed E-state index contributed by atoms with van der Waals surface area (Å²) < 4.78 is 25.0. The molecule has 3 N–H and O–H groups in total. The van der Waals surface area contributed by atoms with Crippen LogP contribution in [0.1, 0.15) is 37.0 Å². The molecule has 2 aromatic heterocycles. The van der Waals surface area contributed by atoms with Crippen molar-refractivity contribution in [2.45, 2.75) is 38.7 Å². The van der Waals surface area contributed by atoms with E-state index in [1.165, 1.54) is 18.5 Å². The molecule has 0 saturated carbocycles. The van der Waals surface area contributed by atoms with Gasteiger partial charge in [-0.15, -0.1) is 0 Å². The third kappa shape index (κ3) is 7.39. The smallest absolute Gasteiger partial charge is 0.243 e. The number of hydrogen-bond donors (Lipinski definition) is 3. The lowest BCUT2D eigenvalue weighted by Crippen LogP contribution is -2.17. The zero-order valence-electron chi connectivity index (χ0n) is 22.1. The minimum atomic E-state index is -0.368. The number of nitrogens with one attached hydrogen (secondary N) is 2. The lowest BCUT2D eigenvalue weighted by Gasteiger charge is -2.12. The summed E-state index contributed by atoms with van der Waals surface area (Å²) in [6, 6.07) is 21.3. The van der Waals surface area contributed by atoms with Gasteiger partial charge in [0.05, 0.1) is 10.5 Å². The second kappa shape index (κ2) is 13.3. The second-order valence-electron chi connectivity index (χ2n) is 9.50. The molecule has 0 aliphatic rings. The predicted molar refractivity (Wildman–Crippen MR) is 155 cm³/mol. The summed E-state index contributed by atoms with van der Waals surface area (Å²) in [6.07, 6.45) is 5.01. The molecule has 0 saturated heterocycles. The maximum absolute atomic E-state index is 13.1. The van der Waals surface area contributed by atoms with E-state index in [4.69, 9.17) is 26.0 Å². The van der Waals surface area contributed by atoms with Crippen molar-refractivity contribution >= 4 is 39.9 Å². The molecule has 0 unspecified atom stereocenters. The summed E-state index contributed by atoms with van der Waals surface area (Å²) in [5.41, 5.74) is 4.88. The fourth-order valence-corrected chi connectivity index (χ4v) is 4.60. The van der Waals surface area contributed by atoms with Crippen molar-refractivity contribution in [2.24, 2.45) is 0 Å². The number of halogens is 2. The number of unbranched alkanes of at least 4 members (excludes halogenated alkanes) is 2. The van der Waals surface area contributed by atoms with Crippen LogP contribution in [0.5, 0.6) is 5.75 Å². The predicted octanol–water partition coefficient (Wildman–Crippen LogP) is 7.61. The Kier molecular flexibility index (Phi) is 9.08. The van der Waals surface area contributed by atoms with Gasteiger partial charge in [0, 0.05) is 29.5 Å². The molecule has 210 valence electrons. The highest BCUT2D eigenvalue weighted by Crippen LogP contribution is 2.33. The van der Waals surface area contributed by atoms with Gasteiger partial charge in [-0.25, -0.2) is 19.8 Å². The zero-order chi connectivity index (χ0) is 28.6. The van der Waals surface area contributed by atoms with Gasteiger partial charge in [-0.1, -0.05) is 30.2 Å². The molecule has 3 aromatic carbocycles. The van der Waals surface area contributed by atoms with Gasteiger partial charge in [0.2, 0.25) is 5.91 Å². The van der Waals surface area contributed by atoms with E-state index in [-0.39, 0.29) is 18.3 Å². The van der Waals surface area contributed by atoms with E-state index in [2.05, 4.69) is 15.3 Å². The number of carbonyl (C=O) groups is 1. The number of fused-ring (bicyclic) bond motifs is 1. The number of anilines is 2. The molecule has 5 aromatic rings. The highest BCUT2D eigenvalue weighted by atomic mass is 35.5. The van der Waals surface area contributed by atoms with Crippen LogP contribution in [0.2, 0.25) is 5.02 Å². The monoisotopic (exact) mass is 574 g/mol. The first-order valence-electron chi connectivity index (χ1n) is 13.2. The summed E-state index contributed by atoms with van der Waals surface area (Å²) in [5.74, 6) is 2.07. The average molecular weight is 575 g/mol. The number of ether oxygens (including phenoxy) is 1. The second-order valence-corrected chi connectivity index (χ2v) is 9.91. The van der Waals surface area contributed by atoms with E-state index < -0.39 is 0 Å².